The predicted octanol–water partition coefficient (Wildman–Crippen LogP) is 13.2. The van der Waals surface area contributed by atoms with Crippen molar-refractivity contribution in [1.29, 1.82) is 0 Å². The van der Waals surface area contributed by atoms with Crippen molar-refractivity contribution in [3.63, 3.8) is 0 Å². The van der Waals surface area contributed by atoms with E-state index in [0.29, 0.717) is 25.7 Å². The molecule has 294 valence electrons. The maximum absolute atomic E-state index is 12.6. The van der Waals surface area contributed by atoms with Gasteiger partial charge >= 0.3 is 17.9 Å². The first kappa shape index (κ1) is 48.4. The van der Waals surface area contributed by atoms with Gasteiger partial charge in [-0.3, -0.25) is 14.4 Å². The van der Waals surface area contributed by atoms with Gasteiger partial charge in [-0.1, -0.05) is 140 Å². The molecule has 1 unspecified atom stereocenters. The SMILES string of the molecule is CC/C=C\C/C=C\CCCCC(=O)OC(COC(=O)CCC/C=C\CCCCCC)COC(=O)CCCCCCCCC/C=C\CCCCCC. The third-order valence-corrected chi connectivity index (χ3v) is 8.79. The smallest absolute Gasteiger partial charge is 0.306 e. The van der Waals surface area contributed by atoms with Gasteiger partial charge < -0.3 is 14.2 Å². The van der Waals surface area contributed by atoms with Gasteiger partial charge in [0.25, 0.3) is 0 Å². The second-order valence-corrected chi connectivity index (χ2v) is 13.9. The van der Waals surface area contributed by atoms with Crippen molar-refractivity contribution in [2.45, 2.75) is 207 Å². The molecule has 0 radical (unpaired) electrons. The number of carbonyl (C=O) groups is 3. The second-order valence-electron chi connectivity index (χ2n) is 13.9. The Bertz CT molecular complexity index is 918. The number of rotatable bonds is 37. The molecule has 51 heavy (non-hydrogen) atoms. The van der Waals surface area contributed by atoms with Crippen molar-refractivity contribution in [3.8, 4) is 0 Å². The van der Waals surface area contributed by atoms with Crippen LogP contribution >= 0.6 is 0 Å². The van der Waals surface area contributed by atoms with Crippen LogP contribution in [0.5, 0.6) is 0 Å². The van der Waals surface area contributed by atoms with Gasteiger partial charge in [0.2, 0.25) is 0 Å². The highest BCUT2D eigenvalue weighted by Gasteiger charge is 2.19. The minimum absolute atomic E-state index is 0.0974. The van der Waals surface area contributed by atoms with E-state index >= 15 is 0 Å². The highest BCUT2D eigenvalue weighted by Crippen LogP contribution is 2.12. The van der Waals surface area contributed by atoms with E-state index in [-0.39, 0.29) is 37.5 Å². The average molecular weight is 715 g/mol. The van der Waals surface area contributed by atoms with E-state index in [1.807, 2.05) is 0 Å². The summed E-state index contributed by atoms with van der Waals surface area (Å²) in [7, 11) is 0. The third kappa shape index (κ3) is 38.4. The number of allylic oxidation sites excluding steroid dienone is 8. The molecule has 0 saturated carbocycles. The molecule has 0 saturated heterocycles. The molecule has 0 aromatic heterocycles. The van der Waals surface area contributed by atoms with Crippen LogP contribution in [0.2, 0.25) is 0 Å². The van der Waals surface area contributed by atoms with E-state index < -0.39 is 6.10 Å². The minimum atomic E-state index is -0.797. The van der Waals surface area contributed by atoms with E-state index in [4.69, 9.17) is 14.2 Å². The Kier molecular flexibility index (Phi) is 38.1. The van der Waals surface area contributed by atoms with E-state index in [2.05, 4.69) is 69.4 Å². The highest BCUT2D eigenvalue weighted by molar-refractivity contribution is 5.71. The van der Waals surface area contributed by atoms with Gasteiger partial charge in [-0.2, -0.15) is 0 Å². The molecular formula is C45H78O6. The fraction of sp³-hybridized carbons (Fsp3) is 0.756. The van der Waals surface area contributed by atoms with Gasteiger partial charge in [0.1, 0.15) is 13.2 Å². The standard InChI is InChI=1S/C45H78O6/c1-4-7-10-13-16-19-20-21-22-23-24-27-29-32-35-38-44(47)50-41-42(51-45(48)39-36-33-30-26-18-15-12-9-6-3)40-49-43(46)37-34-31-28-25-17-14-11-8-5-2/h9,12,18-20,25-26,28,42H,4-8,10-11,13-17,21-24,27,29-41H2,1-3H3/b12-9-,20-19-,26-18-,28-25-. The topological polar surface area (TPSA) is 78.9 Å². The monoisotopic (exact) mass is 715 g/mol. The summed E-state index contributed by atoms with van der Waals surface area (Å²) in [5.41, 5.74) is 0. The number of esters is 3. The van der Waals surface area contributed by atoms with Crippen molar-refractivity contribution in [2.24, 2.45) is 0 Å². The Morgan fingerprint density at radius 2 is 0.784 bits per heavy atom. The molecule has 0 aliphatic heterocycles. The average Bonchev–Trinajstić information content (AvgIpc) is 3.12. The lowest BCUT2D eigenvalue weighted by Gasteiger charge is -2.18. The number of carbonyl (C=O) groups excluding carboxylic acids is 3. The maximum atomic E-state index is 12.6. The lowest BCUT2D eigenvalue weighted by Crippen LogP contribution is -2.30. The fourth-order valence-electron chi connectivity index (χ4n) is 5.59. The normalized spacial score (nSPS) is 12.5. The van der Waals surface area contributed by atoms with Gasteiger partial charge in [-0.05, 0) is 89.9 Å². The van der Waals surface area contributed by atoms with Gasteiger partial charge in [0.05, 0.1) is 0 Å². The Hall–Kier alpha value is -2.63. The second kappa shape index (κ2) is 40.1. The van der Waals surface area contributed by atoms with Crippen LogP contribution in [0.3, 0.4) is 0 Å². The van der Waals surface area contributed by atoms with Crippen LogP contribution in [0.15, 0.2) is 48.6 Å². The summed E-state index contributed by atoms with van der Waals surface area (Å²) in [6.07, 6.45) is 45.4. The summed E-state index contributed by atoms with van der Waals surface area (Å²) in [5.74, 6) is -0.982. The number of hydrogen-bond acceptors (Lipinski definition) is 6. The molecule has 0 aromatic carbocycles. The molecule has 0 amide bonds. The third-order valence-electron chi connectivity index (χ3n) is 8.79. The molecule has 0 rings (SSSR count). The van der Waals surface area contributed by atoms with E-state index in [1.54, 1.807) is 0 Å². The van der Waals surface area contributed by atoms with Gasteiger partial charge in [-0.25, -0.2) is 0 Å². The van der Waals surface area contributed by atoms with Gasteiger partial charge in [-0.15, -0.1) is 0 Å². The Balaban J connectivity index is 4.38. The van der Waals surface area contributed by atoms with Crippen LogP contribution in [-0.4, -0.2) is 37.2 Å². The first-order valence-electron chi connectivity index (χ1n) is 21.1. The van der Waals surface area contributed by atoms with Crippen LogP contribution in [0, 0.1) is 0 Å². The Morgan fingerprint density at radius 1 is 0.412 bits per heavy atom. The van der Waals surface area contributed by atoms with E-state index in [1.165, 1.54) is 89.9 Å². The summed E-state index contributed by atoms with van der Waals surface area (Å²) in [4.78, 5) is 37.5. The van der Waals surface area contributed by atoms with Crippen molar-refractivity contribution in [1.82, 2.24) is 0 Å². The summed E-state index contributed by atoms with van der Waals surface area (Å²) in [6, 6.07) is 0. The molecule has 0 fully saturated rings. The molecule has 0 heterocycles. The maximum Gasteiger partial charge on any atom is 0.306 e. The van der Waals surface area contributed by atoms with Crippen molar-refractivity contribution >= 4 is 17.9 Å². The van der Waals surface area contributed by atoms with E-state index in [0.717, 1.165) is 57.8 Å². The zero-order valence-corrected chi connectivity index (χ0v) is 33.4. The molecule has 0 bridgehead atoms. The fourth-order valence-corrected chi connectivity index (χ4v) is 5.59. The van der Waals surface area contributed by atoms with Gasteiger partial charge in [0, 0.05) is 19.3 Å². The Morgan fingerprint density at radius 3 is 1.31 bits per heavy atom. The number of unbranched alkanes of at least 4 members (excludes halogenated alkanes) is 18. The van der Waals surface area contributed by atoms with Crippen LogP contribution in [0.1, 0.15) is 201 Å². The zero-order chi connectivity index (χ0) is 37.3. The lowest BCUT2D eigenvalue weighted by molar-refractivity contribution is -0.167. The molecule has 0 aliphatic rings. The lowest BCUT2D eigenvalue weighted by atomic mass is 10.1. The van der Waals surface area contributed by atoms with Crippen LogP contribution in [-0.2, 0) is 28.6 Å². The molecule has 0 aromatic rings. The first-order chi connectivity index (χ1) is 25.0. The zero-order valence-electron chi connectivity index (χ0n) is 33.4. The summed E-state index contributed by atoms with van der Waals surface area (Å²) < 4.78 is 16.5. The quantitative estimate of drug-likeness (QED) is 0.0276. The van der Waals surface area contributed by atoms with Crippen molar-refractivity contribution in [3.05, 3.63) is 48.6 Å². The Labute approximate surface area is 314 Å². The summed E-state index contributed by atoms with van der Waals surface area (Å²) in [5, 5.41) is 0. The largest absolute Gasteiger partial charge is 0.462 e. The highest BCUT2D eigenvalue weighted by atomic mass is 16.6. The van der Waals surface area contributed by atoms with Crippen molar-refractivity contribution < 1.29 is 28.6 Å². The number of ether oxygens (including phenoxy) is 3. The van der Waals surface area contributed by atoms with Crippen LogP contribution in [0.25, 0.3) is 0 Å². The minimum Gasteiger partial charge on any atom is -0.462 e. The molecule has 6 heteroatoms. The van der Waals surface area contributed by atoms with Crippen molar-refractivity contribution in [2.75, 3.05) is 13.2 Å². The predicted molar refractivity (Wildman–Crippen MR) is 215 cm³/mol. The molecule has 6 nitrogen and oxygen atoms in total. The summed E-state index contributed by atoms with van der Waals surface area (Å²) >= 11 is 0. The molecule has 0 N–H and O–H groups in total. The molecular weight excluding hydrogens is 636 g/mol. The molecule has 1 atom stereocenters. The summed E-state index contributed by atoms with van der Waals surface area (Å²) in [6.45, 7) is 6.38. The van der Waals surface area contributed by atoms with E-state index in [9.17, 15) is 14.4 Å². The van der Waals surface area contributed by atoms with Crippen LogP contribution < -0.4 is 0 Å². The van der Waals surface area contributed by atoms with Gasteiger partial charge in [0.15, 0.2) is 6.10 Å². The molecule has 0 aliphatic carbocycles. The number of hydrogen-bond donors (Lipinski definition) is 0. The van der Waals surface area contributed by atoms with Crippen LogP contribution in [0.4, 0.5) is 0 Å². The first-order valence-corrected chi connectivity index (χ1v) is 21.1. The molecule has 0 spiro atoms.